The van der Waals surface area contributed by atoms with Crippen molar-refractivity contribution < 1.29 is 4.79 Å². The van der Waals surface area contributed by atoms with Gasteiger partial charge in [-0.3, -0.25) is 4.79 Å². The minimum Gasteiger partial charge on any atom is -0.293 e. The van der Waals surface area contributed by atoms with Gasteiger partial charge in [-0.15, -0.1) is 10.2 Å². The Kier molecular flexibility index (Phi) is 6.23. The number of carbonyl (C=O) groups is 1. The van der Waals surface area contributed by atoms with Crippen molar-refractivity contribution in [2.75, 3.05) is 5.75 Å². The Morgan fingerprint density at radius 2 is 1.32 bits per heavy atom. The maximum absolute atomic E-state index is 12.9. The molecule has 4 rings (SSSR count). The summed E-state index contributed by atoms with van der Waals surface area (Å²) in [5.41, 5.74) is 7.38. The van der Waals surface area contributed by atoms with Crippen LogP contribution in [0.4, 0.5) is 0 Å². The van der Waals surface area contributed by atoms with Crippen LogP contribution in [0.2, 0.25) is 0 Å². The van der Waals surface area contributed by atoms with E-state index >= 15 is 0 Å². The van der Waals surface area contributed by atoms with Crippen molar-refractivity contribution in [1.29, 1.82) is 0 Å². The summed E-state index contributed by atoms with van der Waals surface area (Å²) in [6.45, 7) is 6.01. The first-order valence-electron chi connectivity index (χ1n) is 10.1. The van der Waals surface area contributed by atoms with Gasteiger partial charge in [-0.1, -0.05) is 90.1 Å². The van der Waals surface area contributed by atoms with Gasteiger partial charge in [-0.2, -0.15) is 0 Å². The molecular formula is C26H23N3OS. The summed E-state index contributed by atoms with van der Waals surface area (Å²) >= 11 is 1.32. The lowest BCUT2D eigenvalue weighted by molar-refractivity contribution is 0.102. The Hall–Kier alpha value is -3.31. The van der Waals surface area contributed by atoms with Gasteiger partial charge in [0, 0.05) is 16.7 Å². The van der Waals surface area contributed by atoms with Crippen LogP contribution in [0.1, 0.15) is 27.0 Å². The van der Waals surface area contributed by atoms with Crippen LogP contribution in [-0.2, 0) is 0 Å². The molecule has 0 spiro atoms. The molecule has 5 heteroatoms. The van der Waals surface area contributed by atoms with Crippen LogP contribution in [0, 0.1) is 20.8 Å². The van der Waals surface area contributed by atoms with Crippen LogP contribution in [0.25, 0.3) is 22.5 Å². The first kappa shape index (κ1) is 20.9. The number of hydrogen-bond acceptors (Lipinski definition) is 5. The zero-order valence-corrected chi connectivity index (χ0v) is 18.6. The number of nitrogens with zero attached hydrogens (tertiary/aromatic N) is 3. The van der Waals surface area contributed by atoms with Crippen LogP contribution >= 0.6 is 11.8 Å². The Morgan fingerprint density at radius 3 is 1.90 bits per heavy atom. The highest BCUT2D eigenvalue weighted by Crippen LogP contribution is 2.30. The summed E-state index contributed by atoms with van der Waals surface area (Å²) in [6.07, 6.45) is 0. The fraction of sp³-hybridized carbons (Fsp3) is 0.154. The summed E-state index contributed by atoms with van der Waals surface area (Å²) < 4.78 is 0. The third-order valence-electron chi connectivity index (χ3n) is 5.05. The van der Waals surface area contributed by atoms with Crippen molar-refractivity contribution in [3.63, 3.8) is 0 Å². The van der Waals surface area contributed by atoms with Crippen LogP contribution in [0.3, 0.4) is 0 Å². The van der Waals surface area contributed by atoms with E-state index in [0.717, 1.165) is 44.8 Å². The standard InChI is InChI=1S/C26H23N3OS/c1-17-14-18(2)23(19(3)15-17)22(30)16-31-26-27-24(20-10-6-4-7-11-20)25(28-29-26)21-12-8-5-9-13-21/h4-15H,16H2,1-3H3. The molecule has 154 valence electrons. The molecule has 0 fully saturated rings. The lowest BCUT2D eigenvalue weighted by Gasteiger charge is -2.11. The van der Waals surface area contributed by atoms with Crippen molar-refractivity contribution in [2.45, 2.75) is 25.9 Å². The summed E-state index contributed by atoms with van der Waals surface area (Å²) in [5, 5.41) is 9.29. The van der Waals surface area contributed by atoms with Crippen molar-refractivity contribution in [1.82, 2.24) is 15.2 Å². The van der Waals surface area contributed by atoms with Gasteiger partial charge >= 0.3 is 0 Å². The van der Waals surface area contributed by atoms with Gasteiger partial charge in [0.2, 0.25) is 5.16 Å². The first-order chi connectivity index (χ1) is 15.0. The summed E-state index contributed by atoms with van der Waals surface area (Å²) in [4.78, 5) is 17.7. The lowest BCUT2D eigenvalue weighted by Crippen LogP contribution is -2.09. The number of Topliss-reactive ketones (excluding diaryl/α,β-unsaturated/α-hetero) is 1. The molecule has 31 heavy (non-hydrogen) atoms. The van der Waals surface area contributed by atoms with Crippen LogP contribution in [-0.4, -0.2) is 26.7 Å². The molecule has 0 aliphatic rings. The number of hydrogen-bond donors (Lipinski definition) is 0. The van der Waals surface area contributed by atoms with Crippen molar-refractivity contribution in [3.8, 4) is 22.5 Å². The second-order valence-electron chi connectivity index (χ2n) is 7.51. The molecule has 0 amide bonds. The average molecular weight is 426 g/mol. The zero-order valence-electron chi connectivity index (χ0n) is 17.8. The van der Waals surface area contributed by atoms with Gasteiger partial charge in [0.25, 0.3) is 0 Å². The number of benzene rings is 3. The van der Waals surface area contributed by atoms with E-state index in [1.165, 1.54) is 11.8 Å². The molecule has 0 aliphatic heterocycles. The van der Waals surface area contributed by atoms with Gasteiger partial charge < -0.3 is 0 Å². The third kappa shape index (κ3) is 4.72. The minimum atomic E-state index is 0.0806. The molecule has 0 radical (unpaired) electrons. The molecule has 1 aromatic heterocycles. The Balaban J connectivity index is 1.64. The van der Waals surface area contributed by atoms with Gasteiger partial charge in [0.1, 0.15) is 11.4 Å². The van der Waals surface area contributed by atoms with Crippen molar-refractivity contribution in [2.24, 2.45) is 0 Å². The van der Waals surface area contributed by atoms with Gasteiger partial charge in [0.15, 0.2) is 5.78 Å². The van der Waals surface area contributed by atoms with E-state index in [1.54, 1.807) is 0 Å². The predicted molar refractivity (Wildman–Crippen MR) is 126 cm³/mol. The van der Waals surface area contributed by atoms with Gasteiger partial charge in [0.05, 0.1) is 5.75 Å². The van der Waals surface area contributed by atoms with Crippen LogP contribution < -0.4 is 0 Å². The largest absolute Gasteiger partial charge is 0.293 e. The second-order valence-corrected chi connectivity index (χ2v) is 8.45. The highest BCUT2D eigenvalue weighted by molar-refractivity contribution is 7.99. The summed E-state index contributed by atoms with van der Waals surface area (Å²) in [6, 6.07) is 23.9. The number of rotatable bonds is 6. The highest BCUT2D eigenvalue weighted by Gasteiger charge is 2.17. The number of aromatic nitrogens is 3. The molecule has 0 saturated heterocycles. The van der Waals surface area contributed by atoms with Crippen LogP contribution in [0.15, 0.2) is 78.0 Å². The molecule has 4 aromatic rings. The third-order valence-corrected chi connectivity index (χ3v) is 5.89. The van der Waals surface area contributed by atoms with E-state index in [0.29, 0.717) is 5.16 Å². The molecule has 0 saturated carbocycles. The molecular weight excluding hydrogens is 402 g/mol. The summed E-state index contributed by atoms with van der Waals surface area (Å²) in [5.74, 6) is 0.350. The Labute approximate surface area is 186 Å². The Morgan fingerprint density at radius 1 is 0.774 bits per heavy atom. The fourth-order valence-electron chi connectivity index (χ4n) is 3.78. The van der Waals surface area contributed by atoms with E-state index in [9.17, 15) is 4.79 Å². The molecule has 3 aromatic carbocycles. The predicted octanol–water partition coefficient (Wildman–Crippen LogP) is 6.11. The summed E-state index contributed by atoms with van der Waals surface area (Å²) in [7, 11) is 0. The molecule has 0 bridgehead atoms. The van der Waals surface area contributed by atoms with E-state index in [-0.39, 0.29) is 11.5 Å². The number of carbonyl (C=O) groups excluding carboxylic acids is 1. The fourth-order valence-corrected chi connectivity index (χ4v) is 4.44. The quantitative estimate of drug-likeness (QED) is 0.276. The molecule has 0 atom stereocenters. The SMILES string of the molecule is Cc1cc(C)c(C(=O)CSc2nnc(-c3ccccc3)c(-c3ccccc3)n2)c(C)c1. The zero-order chi connectivity index (χ0) is 21.8. The molecule has 0 N–H and O–H groups in total. The number of ketones is 1. The molecule has 4 nitrogen and oxygen atoms in total. The highest BCUT2D eigenvalue weighted by atomic mass is 32.2. The van der Waals surface area contributed by atoms with E-state index in [4.69, 9.17) is 4.98 Å². The maximum Gasteiger partial charge on any atom is 0.210 e. The lowest BCUT2D eigenvalue weighted by atomic mass is 9.97. The van der Waals surface area contributed by atoms with Crippen molar-refractivity contribution >= 4 is 17.5 Å². The first-order valence-corrected chi connectivity index (χ1v) is 11.1. The molecule has 0 unspecified atom stereocenters. The van der Waals surface area contributed by atoms with Crippen LogP contribution in [0.5, 0.6) is 0 Å². The van der Waals surface area contributed by atoms with E-state index in [1.807, 2.05) is 93.6 Å². The Bertz CT molecular complexity index is 1200. The van der Waals surface area contributed by atoms with Crippen molar-refractivity contribution in [3.05, 3.63) is 95.1 Å². The average Bonchev–Trinajstić information content (AvgIpc) is 2.78. The molecule has 0 aliphatic carbocycles. The number of thioether (sulfide) groups is 1. The minimum absolute atomic E-state index is 0.0806. The maximum atomic E-state index is 12.9. The smallest absolute Gasteiger partial charge is 0.210 e. The topological polar surface area (TPSA) is 55.7 Å². The van der Waals surface area contributed by atoms with E-state index in [2.05, 4.69) is 10.2 Å². The van der Waals surface area contributed by atoms with Gasteiger partial charge in [-0.05, 0) is 31.9 Å². The monoisotopic (exact) mass is 425 g/mol. The van der Waals surface area contributed by atoms with Gasteiger partial charge in [-0.25, -0.2) is 4.98 Å². The van der Waals surface area contributed by atoms with E-state index < -0.39 is 0 Å². The normalized spacial score (nSPS) is 10.8. The number of aryl methyl sites for hydroxylation is 3. The molecule has 1 heterocycles. The second kappa shape index (κ2) is 9.23.